The number of ether oxygens (including phenoxy) is 2. The molecule has 146 valence electrons. The zero-order chi connectivity index (χ0) is 19.4. The minimum absolute atomic E-state index is 0.0939. The Morgan fingerprint density at radius 2 is 2.19 bits per heavy atom. The quantitative estimate of drug-likeness (QED) is 0.786. The second-order valence-corrected chi connectivity index (χ2v) is 8.65. The summed E-state index contributed by atoms with van der Waals surface area (Å²) in [6.45, 7) is 0.963. The second kappa shape index (κ2) is 8.52. The number of hydrogen-bond donors (Lipinski definition) is 1. The standard InChI is InChI=1S/C18H20ClFN2O4S/c1-27(23,24)22-17-6-7-25-10-13(17)11-26-18-5-2-12(8-15(18)20)16-4-3-14(19)9-21-16/h2-5,8-9,13,17,22H,6-7,10-11H2,1H3/t13-,17+/m1/s1. The fourth-order valence-corrected chi connectivity index (χ4v) is 3.88. The third-order valence-corrected chi connectivity index (χ3v) is 5.20. The molecular weight excluding hydrogens is 395 g/mol. The summed E-state index contributed by atoms with van der Waals surface area (Å²) in [6.07, 6.45) is 3.16. The molecule has 9 heteroatoms. The van der Waals surface area contributed by atoms with Crippen LogP contribution in [0.5, 0.6) is 5.75 Å². The van der Waals surface area contributed by atoms with Crippen molar-refractivity contribution in [3.05, 3.63) is 47.4 Å². The lowest BCUT2D eigenvalue weighted by atomic mass is 9.98. The summed E-state index contributed by atoms with van der Waals surface area (Å²) >= 11 is 5.81. The van der Waals surface area contributed by atoms with Gasteiger partial charge in [0.25, 0.3) is 0 Å². The van der Waals surface area contributed by atoms with Crippen LogP contribution in [-0.2, 0) is 14.8 Å². The van der Waals surface area contributed by atoms with Gasteiger partial charge in [-0.25, -0.2) is 17.5 Å². The summed E-state index contributed by atoms with van der Waals surface area (Å²) in [4.78, 5) is 4.16. The molecule has 0 saturated carbocycles. The lowest BCUT2D eigenvalue weighted by molar-refractivity contribution is 0.0181. The van der Waals surface area contributed by atoms with Gasteiger partial charge in [-0.3, -0.25) is 4.98 Å². The molecule has 1 N–H and O–H groups in total. The minimum Gasteiger partial charge on any atom is -0.490 e. The van der Waals surface area contributed by atoms with E-state index in [1.54, 1.807) is 18.2 Å². The van der Waals surface area contributed by atoms with Gasteiger partial charge in [-0.2, -0.15) is 0 Å². The van der Waals surface area contributed by atoms with E-state index in [0.29, 0.717) is 35.9 Å². The number of hydrogen-bond acceptors (Lipinski definition) is 5. The number of aromatic nitrogens is 1. The summed E-state index contributed by atoms with van der Waals surface area (Å²) in [6, 6.07) is 7.68. The Balaban J connectivity index is 1.67. The molecule has 0 bridgehead atoms. The Labute approximate surface area is 162 Å². The summed E-state index contributed by atoms with van der Waals surface area (Å²) in [5.41, 5.74) is 1.21. The average molecular weight is 415 g/mol. The topological polar surface area (TPSA) is 77.5 Å². The van der Waals surface area contributed by atoms with E-state index in [4.69, 9.17) is 21.1 Å². The molecule has 1 aromatic carbocycles. The Hall–Kier alpha value is -1.74. The first-order valence-electron chi connectivity index (χ1n) is 8.41. The highest BCUT2D eigenvalue weighted by atomic mass is 35.5. The molecule has 0 spiro atoms. The zero-order valence-corrected chi connectivity index (χ0v) is 16.3. The molecule has 1 aromatic heterocycles. The van der Waals surface area contributed by atoms with Crippen LogP contribution in [0.2, 0.25) is 5.02 Å². The van der Waals surface area contributed by atoms with Crippen molar-refractivity contribution in [1.82, 2.24) is 9.71 Å². The van der Waals surface area contributed by atoms with Crippen molar-refractivity contribution in [2.24, 2.45) is 5.92 Å². The highest BCUT2D eigenvalue weighted by molar-refractivity contribution is 7.88. The molecule has 1 aliphatic heterocycles. The summed E-state index contributed by atoms with van der Waals surface area (Å²) in [5.74, 6) is -0.629. The maximum absolute atomic E-state index is 14.4. The van der Waals surface area contributed by atoms with Gasteiger partial charge in [-0.1, -0.05) is 11.6 Å². The van der Waals surface area contributed by atoms with Crippen LogP contribution in [0, 0.1) is 11.7 Å². The third-order valence-electron chi connectivity index (χ3n) is 4.25. The molecule has 2 atom stereocenters. The summed E-state index contributed by atoms with van der Waals surface area (Å²) in [7, 11) is -3.34. The zero-order valence-electron chi connectivity index (χ0n) is 14.7. The number of halogens is 2. The molecule has 6 nitrogen and oxygen atoms in total. The maximum Gasteiger partial charge on any atom is 0.208 e. The molecule has 2 heterocycles. The van der Waals surface area contributed by atoms with E-state index in [1.165, 1.54) is 18.3 Å². The van der Waals surface area contributed by atoms with Gasteiger partial charge in [0.1, 0.15) is 0 Å². The van der Waals surface area contributed by atoms with Crippen LogP contribution in [0.4, 0.5) is 4.39 Å². The van der Waals surface area contributed by atoms with Gasteiger partial charge < -0.3 is 9.47 Å². The first-order valence-corrected chi connectivity index (χ1v) is 10.7. The Kier molecular flexibility index (Phi) is 6.31. The van der Waals surface area contributed by atoms with E-state index in [-0.39, 0.29) is 24.3 Å². The van der Waals surface area contributed by atoms with Crippen molar-refractivity contribution in [2.75, 3.05) is 26.1 Å². The molecular formula is C18H20ClFN2O4S. The van der Waals surface area contributed by atoms with Crippen molar-refractivity contribution < 1.29 is 22.3 Å². The van der Waals surface area contributed by atoms with Gasteiger partial charge in [-0.15, -0.1) is 0 Å². The van der Waals surface area contributed by atoms with Crippen molar-refractivity contribution in [3.63, 3.8) is 0 Å². The second-order valence-electron chi connectivity index (χ2n) is 6.44. The third kappa shape index (κ3) is 5.62. The fourth-order valence-electron chi connectivity index (χ4n) is 2.91. The molecule has 1 saturated heterocycles. The molecule has 27 heavy (non-hydrogen) atoms. The molecule has 0 radical (unpaired) electrons. The van der Waals surface area contributed by atoms with Crippen LogP contribution in [0.1, 0.15) is 6.42 Å². The van der Waals surface area contributed by atoms with Crippen molar-refractivity contribution in [2.45, 2.75) is 12.5 Å². The normalized spacial score (nSPS) is 20.4. The lowest BCUT2D eigenvalue weighted by Gasteiger charge is -2.31. The number of nitrogens with zero attached hydrogens (tertiary/aromatic N) is 1. The molecule has 2 aromatic rings. The van der Waals surface area contributed by atoms with Gasteiger partial charge in [-0.05, 0) is 36.8 Å². The van der Waals surface area contributed by atoms with Crippen LogP contribution in [-0.4, -0.2) is 45.5 Å². The van der Waals surface area contributed by atoms with E-state index in [9.17, 15) is 12.8 Å². The number of nitrogens with one attached hydrogen (secondary N) is 1. The predicted octanol–water partition coefficient (Wildman–Crippen LogP) is 2.87. The fraction of sp³-hybridized carbons (Fsp3) is 0.389. The Morgan fingerprint density at radius 3 is 2.85 bits per heavy atom. The average Bonchev–Trinajstić information content (AvgIpc) is 2.61. The van der Waals surface area contributed by atoms with E-state index in [0.717, 1.165) is 6.26 Å². The minimum atomic E-state index is -3.34. The van der Waals surface area contributed by atoms with Crippen molar-refractivity contribution in [3.8, 4) is 17.0 Å². The Bertz CT molecular complexity index is 893. The maximum atomic E-state index is 14.4. The van der Waals surface area contributed by atoms with Gasteiger partial charge in [0.05, 0.1) is 30.2 Å². The van der Waals surface area contributed by atoms with Crippen LogP contribution in [0.25, 0.3) is 11.3 Å². The molecule has 0 amide bonds. The SMILES string of the molecule is CS(=O)(=O)N[C@H]1CCOC[C@@H]1COc1ccc(-c2ccc(Cl)cn2)cc1F. The van der Waals surface area contributed by atoms with Crippen LogP contribution >= 0.6 is 11.6 Å². The molecule has 0 aliphatic carbocycles. The highest BCUT2D eigenvalue weighted by Gasteiger charge is 2.29. The number of benzene rings is 1. The van der Waals surface area contributed by atoms with Gasteiger partial charge in [0, 0.05) is 30.3 Å². The van der Waals surface area contributed by atoms with Gasteiger partial charge in [0.2, 0.25) is 10.0 Å². The van der Waals surface area contributed by atoms with Crippen molar-refractivity contribution >= 4 is 21.6 Å². The first kappa shape index (κ1) is 20.0. The monoisotopic (exact) mass is 414 g/mol. The van der Waals surface area contributed by atoms with E-state index >= 15 is 0 Å². The molecule has 0 unspecified atom stereocenters. The molecule has 1 fully saturated rings. The molecule has 3 rings (SSSR count). The highest BCUT2D eigenvalue weighted by Crippen LogP contribution is 2.26. The number of pyridine rings is 1. The van der Waals surface area contributed by atoms with Gasteiger partial charge in [0.15, 0.2) is 11.6 Å². The van der Waals surface area contributed by atoms with Crippen molar-refractivity contribution in [1.29, 1.82) is 0 Å². The number of sulfonamides is 1. The number of rotatable bonds is 6. The van der Waals surface area contributed by atoms with Crippen LogP contribution < -0.4 is 9.46 Å². The first-order chi connectivity index (χ1) is 12.8. The predicted molar refractivity (Wildman–Crippen MR) is 101 cm³/mol. The molecule has 1 aliphatic rings. The summed E-state index contributed by atoms with van der Waals surface area (Å²) < 4.78 is 51.0. The van der Waals surface area contributed by atoms with E-state index in [1.807, 2.05) is 0 Å². The van der Waals surface area contributed by atoms with Crippen LogP contribution in [0.3, 0.4) is 0 Å². The largest absolute Gasteiger partial charge is 0.490 e. The smallest absolute Gasteiger partial charge is 0.208 e. The Morgan fingerprint density at radius 1 is 1.37 bits per heavy atom. The van der Waals surface area contributed by atoms with E-state index < -0.39 is 15.8 Å². The van der Waals surface area contributed by atoms with Gasteiger partial charge >= 0.3 is 0 Å². The van der Waals surface area contributed by atoms with E-state index in [2.05, 4.69) is 9.71 Å². The van der Waals surface area contributed by atoms with Crippen LogP contribution in [0.15, 0.2) is 36.5 Å². The summed E-state index contributed by atoms with van der Waals surface area (Å²) in [5, 5.41) is 0.506. The lowest BCUT2D eigenvalue weighted by Crippen LogP contribution is -2.47.